The number of H-pyrrole nitrogens is 1. The van der Waals surface area contributed by atoms with Crippen molar-refractivity contribution in [3.8, 4) is 0 Å². The van der Waals surface area contributed by atoms with E-state index in [-0.39, 0.29) is 17.5 Å². The molecule has 2 saturated heterocycles. The number of carbonyl (C=O) groups is 2. The third-order valence-corrected chi connectivity index (χ3v) is 5.78. The number of rotatable bonds is 3. The number of aromatic amines is 1. The minimum Gasteiger partial charge on any atom is -0.378 e. The van der Waals surface area contributed by atoms with Crippen LogP contribution in [0.25, 0.3) is 0 Å². The molecule has 4 heterocycles. The number of alkyl halides is 3. The molecule has 0 unspecified atom stereocenters. The molecule has 2 fully saturated rings. The van der Waals surface area contributed by atoms with E-state index in [1.807, 2.05) is 0 Å². The van der Waals surface area contributed by atoms with E-state index in [1.54, 1.807) is 4.90 Å². The summed E-state index contributed by atoms with van der Waals surface area (Å²) in [5.41, 5.74) is 0.0690. The van der Waals surface area contributed by atoms with Gasteiger partial charge >= 0.3 is 6.18 Å². The van der Waals surface area contributed by atoms with Crippen molar-refractivity contribution in [1.82, 2.24) is 29.8 Å². The van der Waals surface area contributed by atoms with Crippen LogP contribution in [-0.4, -0.2) is 81.0 Å². The van der Waals surface area contributed by atoms with Gasteiger partial charge in [0.05, 0.1) is 30.7 Å². The maximum atomic E-state index is 13.0. The Morgan fingerprint density at radius 3 is 2.35 bits per heavy atom. The van der Waals surface area contributed by atoms with Gasteiger partial charge < -0.3 is 14.5 Å². The van der Waals surface area contributed by atoms with Crippen LogP contribution in [0.5, 0.6) is 0 Å². The Morgan fingerprint density at radius 2 is 1.74 bits per heavy atom. The van der Waals surface area contributed by atoms with Gasteiger partial charge in [0.25, 0.3) is 11.8 Å². The van der Waals surface area contributed by atoms with Gasteiger partial charge in [0.1, 0.15) is 5.69 Å². The lowest BCUT2D eigenvalue weighted by Gasteiger charge is -2.32. The van der Waals surface area contributed by atoms with Crippen molar-refractivity contribution in [2.24, 2.45) is 7.05 Å². The van der Waals surface area contributed by atoms with Crippen LogP contribution in [0.2, 0.25) is 0 Å². The topological polar surface area (TPSA) is 96.3 Å². The van der Waals surface area contributed by atoms with E-state index >= 15 is 0 Å². The van der Waals surface area contributed by atoms with Crippen molar-refractivity contribution < 1.29 is 27.5 Å². The minimum absolute atomic E-state index is 0.000934. The number of hydrogen-bond acceptors (Lipinski definition) is 5. The molecule has 0 atom stereocenters. The van der Waals surface area contributed by atoms with Gasteiger partial charge in [0.2, 0.25) is 0 Å². The summed E-state index contributed by atoms with van der Waals surface area (Å²) in [6.45, 7) is 2.77. The SMILES string of the molecule is Cn1nc(C(=O)N2CCC(c3[nH]ncc3C(=O)N3CCOCC3)CC2)cc1C(F)(F)F. The summed E-state index contributed by atoms with van der Waals surface area (Å²) in [7, 11) is 1.16. The number of piperidine rings is 1. The number of aryl methyl sites for hydroxylation is 1. The fourth-order valence-corrected chi connectivity index (χ4v) is 4.08. The first-order valence-electron chi connectivity index (χ1n) is 10.1. The summed E-state index contributed by atoms with van der Waals surface area (Å²) in [6, 6.07) is 0.780. The van der Waals surface area contributed by atoms with Crippen molar-refractivity contribution in [3.05, 3.63) is 34.9 Å². The maximum Gasteiger partial charge on any atom is 0.433 e. The highest BCUT2D eigenvalue weighted by atomic mass is 19.4. The average molecular weight is 440 g/mol. The Labute approximate surface area is 176 Å². The molecule has 0 aromatic carbocycles. The zero-order valence-electron chi connectivity index (χ0n) is 17.0. The first-order chi connectivity index (χ1) is 14.8. The van der Waals surface area contributed by atoms with Crippen LogP contribution in [0.1, 0.15) is 51.0 Å². The molecule has 1 N–H and O–H groups in total. The van der Waals surface area contributed by atoms with Gasteiger partial charge in [0.15, 0.2) is 5.69 Å². The Kier molecular flexibility index (Phi) is 5.73. The first-order valence-corrected chi connectivity index (χ1v) is 10.1. The number of ether oxygens (including phenoxy) is 1. The zero-order chi connectivity index (χ0) is 22.2. The van der Waals surface area contributed by atoms with E-state index in [2.05, 4.69) is 15.3 Å². The highest BCUT2D eigenvalue weighted by Gasteiger charge is 2.37. The number of likely N-dealkylation sites (tertiary alicyclic amines) is 1. The highest BCUT2D eigenvalue weighted by molar-refractivity contribution is 5.95. The molecule has 0 aliphatic carbocycles. The number of morpholine rings is 1. The van der Waals surface area contributed by atoms with Crippen LogP contribution in [0.3, 0.4) is 0 Å². The number of amides is 2. The molecule has 2 amide bonds. The smallest absolute Gasteiger partial charge is 0.378 e. The molecule has 2 aliphatic heterocycles. The van der Waals surface area contributed by atoms with Crippen molar-refractivity contribution in [1.29, 1.82) is 0 Å². The zero-order valence-corrected chi connectivity index (χ0v) is 17.0. The second-order valence-electron chi connectivity index (χ2n) is 7.70. The molecular weight excluding hydrogens is 417 g/mol. The number of carbonyl (C=O) groups excluding carboxylic acids is 2. The lowest BCUT2D eigenvalue weighted by molar-refractivity contribution is -0.143. The normalized spacial score (nSPS) is 18.5. The van der Waals surface area contributed by atoms with Crippen molar-refractivity contribution in [3.63, 3.8) is 0 Å². The Morgan fingerprint density at radius 1 is 1.10 bits per heavy atom. The van der Waals surface area contributed by atoms with E-state index in [1.165, 1.54) is 11.1 Å². The van der Waals surface area contributed by atoms with Crippen LogP contribution in [0, 0.1) is 0 Å². The number of nitrogens with zero attached hydrogens (tertiary/aromatic N) is 5. The van der Waals surface area contributed by atoms with E-state index in [0.29, 0.717) is 62.5 Å². The molecule has 0 spiro atoms. The average Bonchev–Trinajstić information content (AvgIpc) is 3.40. The predicted molar refractivity (Wildman–Crippen MR) is 101 cm³/mol. The summed E-state index contributed by atoms with van der Waals surface area (Å²) >= 11 is 0. The minimum atomic E-state index is -4.57. The van der Waals surface area contributed by atoms with E-state index < -0.39 is 17.8 Å². The first kappa shape index (κ1) is 21.3. The van der Waals surface area contributed by atoms with E-state index in [9.17, 15) is 22.8 Å². The van der Waals surface area contributed by atoms with E-state index in [4.69, 9.17) is 4.74 Å². The third-order valence-electron chi connectivity index (χ3n) is 5.78. The molecule has 2 aromatic heterocycles. The van der Waals surface area contributed by atoms with Crippen LogP contribution < -0.4 is 0 Å². The molecular formula is C19H23F3N6O3. The monoisotopic (exact) mass is 440 g/mol. The van der Waals surface area contributed by atoms with Crippen molar-refractivity contribution in [2.45, 2.75) is 24.9 Å². The standard InChI is InChI=1S/C19H23F3N6O3/c1-26-15(19(20,21)22)10-14(25-26)18(30)27-4-2-12(3-5-27)16-13(11-23-24-16)17(29)28-6-8-31-9-7-28/h10-12H,2-9H2,1H3,(H,23,24). The van der Waals surface area contributed by atoms with Crippen LogP contribution >= 0.6 is 0 Å². The van der Waals surface area contributed by atoms with Gasteiger partial charge in [0, 0.05) is 45.2 Å². The van der Waals surface area contributed by atoms with Gasteiger partial charge in [-0.25, -0.2) is 0 Å². The third kappa shape index (κ3) is 4.29. The predicted octanol–water partition coefficient (Wildman–Crippen LogP) is 1.65. The Hall–Kier alpha value is -2.89. The fraction of sp³-hybridized carbons (Fsp3) is 0.579. The van der Waals surface area contributed by atoms with Crippen molar-refractivity contribution in [2.75, 3.05) is 39.4 Å². The summed E-state index contributed by atoms with van der Waals surface area (Å²) in [4.78, 5) is 28.7. The summed E-state index contributed by atoms with van der Waals surface area (Å²) in [6.07, 6.45) is -1.92. The molecule has 4 rings (SSSR count). The van der Waals surface area contributed by atoms with Crippen molar-refractivity contribution >= 4 is 11.8 Å². The number of nitrogens with one attached hydrogen (secondary N) is 1. The lowest BCUT2D eigenvalue weighted by Crippen LogP contribution is -2.41. The largest absolute Gasteiger partial charge is 0.433 e. The summed E-state index contributed by atoms with van der Waals surface area (Å²) < 4.78 is 44.9. The van der Waals surface area contributed by atoms with Gasteiger partial charge in [-0.2, -0.15) is 23.4 Å². The highest BCUT2D eigenvalue weighted by Crippen LogP contribution is 2.32. The Bertz CT molecular complexity index is 955. The van der Waals surface area contributed by atoms with Crippen LogP contribution in [0.15, 0.2) is 12.3 Å². The molecule has 12 heteroatoms. The molecule has 9 nitrogen and oxygen atoms in total. The lowest BCUT2D eigenvalue weighted by atomic mass is 9.91. The second-order valence-corrected chi connectivity index (χ2v) is 7.70. The number of halogens is 3. The molecule has 168 valence electrons. The molecule has 0 radical (unpaired) electrons. The Balaban J connectivity index is 1.41. The molecule has 31 heavy (non-hydrogen) atoms. The van der Waals surface area contributed by atoms with Crippen LogP contribution in [-0.2, 0) is 18.0 Å². The summed E-state index contributed by atoms with van der Waals surface area (Å²) in [5, 5.41) is 10.7. The van der Waals surface area contributed by atoms with E-state index in [0.717, 1.165) is 18.8 Å². The molecule has 0 bridgehead atoms. The summed E-state index contributed by atoms with van der Waals surface area (Å²) in [5.74, 6) is -0.626. The quantitative estimate of drug-likeness (QED) is 0.783. The number of aromatic nitrogens is 4. The number of hydrogen-bond donors (Lipinski definition) is 1. The van der Waals surface area contributed by atoms with Gasteiger partial charge in [-0.3, -0.25) is 19.4 Å². The van der Waals surface area contributed by atoms with Gasteiger partial charge in [-0.05, 0) is 12.8 Å². The molecule has 2 aromatic rings. The molecule has 0 saturated carbocycles. The maximum absolute atomic E-state index is 13.0. The second kappa shape index (κ2) is 8.33. The van der Waals surface area contributed by atoms with Crippen LogP contribution in [0.4, 0.5) is 13.2 Å². The fourth-order valence-electron chi connectivity index (χ4n) is 4.08. The van der Waals surface area contributed by atoms with Gasteiger partial charge in [-0.1, -0.05) is 0 Å². The van der Waals surface area contributed by atoms with Gasteiger partial charge in [-0.15, -0.1) is 0 Å². The molecule has 2 aliphatic rings.